The molecule has 1 atom stereocenters. The van der Waals surface area contributed by atoms with Gasteiger partial charge in [-0.1, -0.05) is 17.7 Å². The Balaban J connectivity index is 2.95. The molecule has 1 rings (SSSR count). The van der Waals surface area contributed by atoms with Crippen LogP contribution in [0.2, 0.25) is 5.02 Å². The Bertz CT molecular complexity index is 369. The molecule has 2 N–H and O–H groups in total. The highest BCUT2D eigenvalue weighted by Gasteiger charge is 2.19. The van der Waals surface area contributed by atoms with Gasteiger partial charge in [-0.05, 0) is 24.5 Å². The molecular formula is C11H13ClF2N2. The summed E-state index contributed by atoms with van der Waals surface area (Å²) in [7, 11) is 0. The maximum absolute atomic E-state index is 12.5. The predicted octanol–water partition coefficient (Wildman–Crippen LogP) is 3.64. The van der Waals surface area contributed by atoms with Crippen molar-refractivity contribution in [1.29, 1.82) is 0 Å². The summed E-state index contributed by atoms with van der Waals surface area (Å²) < 4.78 is 25.0. The molecule has 5 heteroatoms. The Labute approximate surface area is 98.1 Å². The lowest BCUT2D eigenvalue weighted by atomic mass is 10.0. The number of allylic oxidation sites excluding steroid dienone is 1. The topological polar surface area (TPSA) is 38.9 Å². The highest BCUT2D eigenvalue weighted by Crippen LogP contribution is 2.31. The minimum absolute atomic E-state index is 0.0333. The predicted molar refractivity (Wildman–Crippen MR) is 60.6 cm³/mol. The highest BCUT2D eigenvalue weighted by atomic mass is 35.5. The van der Waals surface area contributed by atoms with E-state index in [0.717, 1.165) is 0 Å². The van der Waals surface area contributed by atoms with E-state index in [0.29, 0.717) is 18.4 Å². The standard InChI is InChI=1S/C11H13ClF2N2/c1-2-3-4-8(15)7-5-6-16-10(9(7)12)11(13)14/h2,5-6,8,11H,1,3-4,15H2/t8-/m1/s1. The normalized spacial score (nSPS) is 12.8. The monoisotopic (exact) mass is 246 g/mol. The summed E-state index contributed by atoms with van der Waals surface area (Å²) in [5.41, 5.74) is 5.95. The first kappa shape index (κ1) is 13.1. The van der Waals surface area contributed by atoms with Crippen molar-refractivity contribution in [2.45, 2.75) is 25.3 Å². The van der Waals surface area contributed by atoms with Crippen LogP contribution in [0, 0.1) is 0 Å². The summed E-state index contributed by atoms with van der Waals surface area (Å²) in [5.74, 6) is 0. The van der Waals surface area contributed by atoms with Crippen LogP contribution < -0.4 is 5.73 Å². The van der Waals surface area contributed by atoms with E-state index in [9.17, 15) is 8.78 Å². The van der Waals surface area contributed by atoms with Gasteiger partial charge in [0.25, 0.3) is 6.43 Å². The summed E-state index contributed by atoms with van der Waals surface area (Å²) in [6.07, 6.45) is 1.68. The van der Waals surface area contributed by atoms with Crippen LogP contribution in [0.4, 0.5) is 8.78 Å². The third kappa shape index (κ3) is 3.00. The molecule has 0 bridgehead atoms. The Morgan fingerprint density at radius 3 is 2.81 bits per heavy atom. The van der Waals surface area contributed by atoms with E-state index in [2.05, 4.69) is 11.6 Å². The smallest absolute Gasteiger partial charge is 0.281 e. The van der Waals surface area contributed by atoms with Gasteiger partial charge in [0.05, 0.1) is 5.02 Å². The van der Waals surface area contributed by atoms with E-state index in [4.69, 9.17) is 17.3 Å². The van der Waals surface area contributed by atoms with E-state index in [1.165, 1.54) is 6.20 Å². The molecule has 0 radical (unpaired) electrons. The average Bonchev–Trinajstić information content (AvgIpc) is 2.25. The first-order valence-electron chi connectivity index (χ1n) is 4.86. The van der Waals surface area contributed by atoms with E-state index in [1.54, 1.807) is 12.1 Å². The molecule has 1 aromatic rings. The largest absolute Gasteiger partial charge is 0.324 e. The SMILES string of the molecule is C=CCC[C@@H](N)c1ccnc(C(F)F)c1Cl. The zero-order valence-corrected chi connectivity index (χ0v) is 9.42. The lowest BCUT2D eigenvalue weighted by Crippen LogP contribution is -2.11. The van der Waals surface area contributed by atoms with Crippen molar-refractivity contribution in [2.24, 2.45) is 5.73 Å². The number of alkyl halides is 2. The van der Waals surface area contributed by atoms with Crippen molar-refractivity contribution in [3.05, 3.63) is 41.2 Å². The molecule has 1 heterocycles. The van der Waals surface area contributed by atoms with Crippen LogP contribution >= 0.6 is 11.6 Å². The van der Waals surface area contributed by atoms with Crippen LogP contribution in [-0.2, 0) is 0 Å². The quantitative estimate of drug-likeness (QED) is 0.806. The molecular weight excluding hydrogens is 234 g/mol. The number of halogens is 3. The lowest BCUT2D eigenvalue weighted by molar-refractivity contribution is 0.146. The zero-order chi connectivity index (χ0) is 12.1. The first-order valence-corrected chi connectivity index (χ1v) is 5.24. The molecule has 0 amide bonds. The molecule has 0 saturated heterocycles. The van der Waals surface area contributed by atoms with Gasteiger partial charge in [-0.15, -0.1) is 6.58 Å². The van der Waals surface area contributed by atoms with Gasteiger partial charge in [-0.3, -0.25) is 4.98 Å². The minimum atomic E-state index is -2.68. The lowest BCUT2D eigenvalue weighted by Gasteiger charge is -2.14. The molecule has 0 fully saturated rings. The Hall–Kier alpha value is -1.00. The second-order valence-corrected chi connectivity index (χ2v) is 3.75. The van der Waals surface area contributed by atoms with E-state index in [1.807, 2.05) is 0 Å². The second-order valence-electron chi connectivity index (χ2n) is 3.37. The first-order chi connectivity index (χ1) is 7.57. The number of aromatic nitrogens is 1. The fourth-order valence-corrected chi connectivity index (χ4v) is 1.70. The van der Waals surface area contributed by atoms with Crippen molar-refractivity contribution in [3.8, 4) is 0 Å². The molecule has 0 saturated carbocycles. The summed E-state index contributed by atoms with van der Waals surface area (Å²) in [6, 6.07) is 1.20. The van der Waals surface area contributed by atoms with Crippen LogP contribution in [0.1, 0.15) is 36.6 Å². The minimum Gasteiger partial charge on any atom is -0.324 e. The third-order valence-electron chi connectivity index (χ3n) is 2.23. The molecule has 0 aliphatic rings. The number of hydrogen-bond donors (Lipinski definition) is 1. The molecule has 1 aromatic heterocycles. The Morgan fingerprint density at radius 2 is 2.25 bits per heavy atom. The van der Waals surface area contributed by atoms with Gasteiger partial charge < -0.3 is 5.73 Å². The van der Waals surface area contributed by atoms with Gasteiger partial charge in [0.1, 0.15) is 5.69 Å². The van der Waals surface area contributed by atoms with Gasteiger partial charge in [0.2, 0.25) is 0 Å². The maximum Gasteiger partial charge on any atom is 0.281 e. The summed E-state index contributed by atoms with van der Waals surface area (Å²) in [5, 5.41) is -0.0333. The summed E-state index contributed by atoms with van der Waals surface area (Å²) in [4.78, 5) is 3.54. The van der Waals surface area contributed by atoms with Crippen LogP contribution in [0.25, 0.3) is 0 Å². The molecule has 88 valence electrons. The molecule has 2 nitrogen and oxygen atoms in total. The molecule has 0 aliphatic carbocycles. The molecule has 0 unspecified atom stereocenters. The molecule has 16 heavy (non-hydrogen) atoms. The number of pyridine rings is 1. The number of rotatable bonds is 5. The van der Waals surface area contributed by atoms with Crippen molar-refractivity contribution < 1.29 is 8.78 Å². The number of hydrogen-bond acceptors (Lipinski definition) is 2. The van der Waals surface area contributed by atoms with Crippen LogP contribution in [0.5, 0.6) is 0 Å². The third-order valence-corrected chi connectivity index (χ3v) is 2.65. The highest BCUT2D eigenvalue weighted by molar-refractivity contribution is 6.32. The van der Waals surface area contributed by atoms with Crippen molar-refractivity contribution in [2.75, 3.05) is 0 Å². The number of nitrogens with two attached hydrogens (primary N) is 1. The average molecular weight is 247 g/mol. The van der Waals surface area contributed by atoms with E-state index in [-0.39, 0.29) is 11.1 Å². The molecule has 0 aliphatic heterocycles. The van der Waals surface area contributed by atoms with Crippen LogP contribution in [0.3, 0.4) is 0 Å². The van der Waals surface area contributed by atoms with Gasteiger partial charge in [-0.2, -0.15) is 0 Å². The summed E-state index contributed by atoms with van der Waals surface area (Å²) in [6.45, 7) is 3.57. The van der Waals surface area contributed by atoms with E-state index >= 15 is 0 Å². The Kier molecular flexibility index (Phi) is 4.83. The van der Waals surface area contributed by atoms with Gasteiger partial charge in [0.15, 0.2) is 0 Å². The van der Waals surface area contributed by atoms with E-state index < -0.39 is 12.1 Å². The van der Waals surface area contributed by atoms with Crippen LogP contribution in [-0.4, -0.2) is 4.98 Å². The van der Waals surface area contributed by atoms with Gasteiger partial charge in [-0.25, -0.2) is 8.78 Å². The van der Waals surface area contributed by atoms with Gasteiger partial charge in [0, 0.05) is 12.2 Å². The Morgan fingerprint density at radius 1 is 1.56 bits per heavy atom. The fraction of sp³-hybridized carbons (Fsp3) is 0.364. The van der Waals surface area contributed by atoms with Crippen LogP contribution in [0.15, 0.2) is 24.9 Å². The summed E-state index contributed by atoms with van der Waals surface area (Å²) >= 11 is 5.83. The van der Waals surface area contributed by atoms with Crippen molar-refractivity contribution in [3.63, 3.8) is 0 Å². The number of nitrogens with zero attached hydrogens (tertiary/aromatic N) is 1. The maximum atomic E-state index is 12.5. The van der Waals surface area contributed by atoms with Gasteiger partial charge >= 0.3 is 0 Å². The van der Waals surface area contributed by atoms with Crippen molar-refractivity contribution in [1.82, 2.24) is 4.98 Å². The molecule has 0 aromatic carbocycles. The zero-order valence-electron chi connectivity index (χ0n) is 8.67. The van der Waals surface area contributed by atoms with Crippen molar-refractivity contribution >= 4 is 11.6 Å². The fourth-order valence-electron chi connectivity index (χ4n) is 1.37. The second kappa shape index (κ2) is 5.92. The molecule has 0 spiro atoms.